The third-order valence-corrected chi connectivity index (χ3v) is 6.43. The summed E-state index contributed by atoms with van der Waals surface area (Å²) < 4.78 is 19.0. The number of hydrogen-bond donors (Lipinski definition) is 1. The number of amides is 2. The van der Waals surface area contributed by atoms with Gasteiger partial charge in [-0.2, -0.15) is 0 Å². The zero-order valence-electron chi connectivity index (χ0n) is 17.6. The highest BCUT2D eigenvalue weighted by Crippen LogP contribution is 2.45. The van der Waals surface area contributed by atoms with E-state index in [0.717, 1.165) is 5.56 Å². The number of rotatable bonds is 6. The molecule has 6 nitrogen and oxygen atoms in total. The Balaban J connectivity index is 1.86. The van der Waals surface area contributed by atoms with E-state index in [0.29, 0.717) is 5.56 Å². The van der Waals surface area contributed by atoms with Gasteiger partial charge in [0.15, 0.2) is 0 Å². The van der Waals surface area contributed by atoms with Crippen molar-refractivity contribution in [2.75, 3.05) is 13.2 Å². The third-order valence-electron chi connectivity index (χ3n) is 6.43. The van der Waals surface area contributed by atoms with E-state index < -0.39 is 29.4 Å². The fourth-order valence-electron chi connectivity index (χ4n) is 5.12. The maximum atomic E-state index is 13.6. The number of likely N-dealkylation sites (tertiary alicyclic amines) is 1. The van der Waals surface area contributed by atoms with Gasteiger partial charge < -0.3 is 10.1 Å². The van der Waals surface area contributed by atoms with E-state index in [-0.39, 0.29) is 37.2 Å². The summed E-state index contributed by atoms with van der Waals surface area (Å²) in [7, 11) is 0. The molecule has 2 aliphatic rings. The quantitative estimate of drug-likeness (QED) is 0.563. The molecule has 2 aromatic carbocycles. The molecule has 0 bridgehead atoms. The SMILES string of the molecule is CCOC(=O)[C@]1(Cc2ccccc2)[NH2+][C@@H](c2ccc(F)cc2)[C@@H]2C(=O)N(CC)C(=O)[C@H]21. The number of benzene rings is 2. The average Bonchev–Trinajstić information content (AvgIpc) is 3.24. The highest BCUT2D eigenvalue weighted by molar-refractivity contribution is 6.08. The molecule has 31 heavy (non-hydrogen) atoms. The molecule has 2 saturated heterocycles. The smallest absolute Gasteiger partial charge is 0.369 e. The van der Waals surface area contributed by atoms with Gasteiger partial charge in [-0.3, -0.25) is 14.5 Å². The molecular formula is C24H26FN2O4+. The number of nitrogens with two attached hydrogens (primary N) is 1. The molecule has 2 heterocycles. The van der Waals surface area contributed by atoms with Crippen molar-refractivity contribution in [2.45, 2.75) is 31.8 Å². The number of halogens is 1. The second-order valence-electron chi connectivity index (χ2n) is 8.09. The lowest BCUT2D eigenvalue weighted by molar-refractivity contribution is -0.734. The Morgan fingerprint density at radius 1 is 1.06 bits per heavy atom. The van der Waals surface area contributed by atoms with Gasteiger partial charge in [0.05, 0.1) is 6.61 Å². The molecule has 2 aromatic rings. The summed E-state index contributed by atoms with van der Waals surface area (Å²) in [6.45, 7) is 3.88. The van der Waals surface area contributed by atoms with Crippen LogP contribution in [0.25, 0.3) is 0 Å². The van der Waals surface area contributed by atoms with Crippen LogP contribution >= 0.6 is 0 Å². The van der Waals surface area contributed by atoms with Crippen LogP contribution in [0.4, 0.5) is 4.39 Å². The van der Waals surface area contributed by atoms with Gasteiger partial charge in [0.2, 0.25) is 17.4 Å². The van der Waals surface area contributed by atoms with Crippen LogP contribution in [0, 0.1) is 17.7 Å². The van der Waals surface area contributed by atoms with Gasteiger partial charge in [-0.25, -0.2) is 9.18 Å². The van der Waals surface area contributed by atoms with Crippen LogP contribution in [0.15, 0.2) is 54.6 Å². The molecule has 0 aliphatic carbocycles. The highest BCUT2D eigenvalue weighted by atomic mass is 19.1. The van der Waals surface area contributed by atoms with Gasteiger partial charge in [0.25, 0.3) is 0 Å². The van der Waals surface area contributed by atoms with Crippen LogP contribution in [-0.2, 0) is 25.5 Å². The maximum Gasteiger partial charge on any atom is 0.369 e. The average molecular weight is 425 g/mol. The summed E-state index contributed by atoms with van der Waals surface area (Å²) in [5.74, 6) is -3.09. The Bertz CT molecular complexity index is 994. The Hall–Kier alpha value is -3.06. The van der Waals surface area contributed by atoms with E-state index in [1.807, 2.05) is 35.6 Å². The van der Waals surface area contributed by atoms with Crippen LogP contribution in [-0.4, -0.2) is 41.4 Å². The van der Waals surface area contributed by atoms with Gasteiger partial charge in [-0.05, 0) is 31.5 Å². The molecule has 2 fully saturated rings. The topological polar surface area (TPSA) is 80.3 Å². The van der Waals surface area contributed by atoms with E-state index in [9.17, 15) is 18.8 Å². The van der Waals surface area contributed by atoms with Crippen LogP contribution in [0.5, 0.6) is 0 Å². The fraction of sp³-hybridized carbons (Fsp3) is 0.375. The first-order chi connectivity index (χ1) is 14.9. The van der Waals surface area contributed by atoms with Gasteiger partial charge in [0, 0.05) is 18.5 Å². The Morgan fingerprint density at radius 2 is 1.74 bits per heavy atom. The minimum atomic E-state index is -1.28. The largest absolute Gasteiger partial charge is 0.461 e. The zero-order chi connectivity index (χ0) is 22.2. The van der Waals surface area contributed by atoms with E-state index >= 15 is 0 Å². The van der Waals surface area contributed by atoms with Crippen molar-refractivity contribution in [3.05, 3.63) is 71.5 Å². The predicted molar refractivity (Wildman–Crippen MR) is 110 cm³/mol. The van der Waals surface area contributed by atoms with Crippen LogP contribution in [0.2, 0.25) is 0 Å². The minimum absolute atomic E-state index is 0.168. The van der Waals surface area contributed by atoms with Crippen molar-refractivity contribution in [3.63, 3.8) is 0 Å². The number of ether oxygens (including phenoxy) is 1. The molecule has 2 amide bonds. The summed E-state index contributed by atoms with van der Waals surface area (Å²) in [4.78, 5) is 41.3. The summed E-state index contributed by atoms with van der Waals surface area (Å²) >= 11 is 0. The third kappa shape index (κ3) is 3.43. The number of nitrogens with zero attached hydrogens (tertiary/aromatic N) is 1. The lowest BCUT2D eigenvalue weighted by Gasteiger charge is -2.29. The van der Waals surface area contributed by atoms with Crippen molar-refractivity contribution in [3.8, 4) is 0 Å². The van der Waals surface area contributed by atoms with Crippen LogP contribution < -0.4 is 5.32 Å². The molecule has 2 N–H and O–H groups in total. The summed E-state index contributed by atoms with van der Waals surface area (Å²) in [6.07, 6.45) is 0.252. The second kappa shape index (κ2) is 8.23. The van der Waals surface area contributed by atoms with Gasteiger partial charge in [-0.1, -0.05) is 42.5 Å². The summed E-state index contributed by atoms with van der Waals surface area (Å²) in [6, 6.07) is 14.8. The van der Waals surface area contributed by atoms with Crippen molar-refractivity contribution < 1.29 is 28.8 Å². The molecule has 0 aromatic heterocycles. The van der Waals surface area contributed by atoms with E-state index in [1.165, 1.54) is 17.0 Å². The Labute approximate surface area is 180 Å². The normalized spacial score (nSPS) is 27.5. The molecule has 0 spiro atoms. The standard InChI is InChI=1S/C24H25FN2O4/c1-3-27-21(28)18-19(22(27)29)24(23(30)31-4-2,14-15-8-6-5-7-9-15)26-20(18)16-10-12-17(25)13-11-16/h5-13,18-20,26H,3-4,14H2,1-2H3/p+1/t18-,19+,20+,24-/m1/s1. The lowest BCUT2D eigenvalue weighted by atomic mass is 9.76. The molecule has 4 atom stereocenters. The first-order valence-electron chi connectivity index (χ1n) is 10.6. The van der Waals surface area contributed by atoms with Gasteiger partial charge >= 0.3 is 5.97 Å². The van der Waals surface area contributed by atoms with Gasteiger partial charge in [-0.15, -0.1) is 0 Å². The summed E-state index contributed by atoms with van der Waals surface area (Å²) in [5.41, 5.74) is 0.299. The monoisotopic (exact) mass is 425 g/mol. The highest BCUT2D eigenvalue weighted by Gasteiger charge is 2.72. The number of carbonyl (C=O) groups is 3. The van der Waals surface area contributed by atoms with Crippen molar-refractivity contribution >= 4 is 17.8 Å². The molecule has 7 heteroatoms. The first-order valence-corrected chi connectivity index (χ1v) is 10.6. The number of esters is 1. The van der Waals surface area contributed by atoms with E-state index in [1.54, 1.807) is 26.0 Å². The first kappa shape index (κ1) is 21.2. The zero-order valence-corrected chi connectivity index (χ0v) is 17.6. The molecule has 0 saturated carbocycles. The maximum absolute atomic E-state index is 13.6. The number of carbonyl (C=O) groups excluding carboxylic acids is 3. The molecular weight excluding hydrogens is 399 g/mol. The van der Waals surface area contributed by atoms with Crippen molar-refractivity contribution in [2.24, 2.45) is 11.8 Å². The van der Waals surface area contributed by atoms with E-state index in [4.69, 9.17) is 4.74 Å². The molecule has 4 rings (SSSR count). The van der Waals surface area contributed by atoms with Crippen LogP contribution in [0.3, 0.4) is 0 Å². The number of quaternary nitrogens is 1. The molecule has 0 radical (unpaired) electrons. The molecule has 2 aliphatic heterocycles. The number of imide groups is 1. The van der Waals surface area contributed by atoms with E-state index in [2.05, 4.69) is 0 Å². The summed E-state index contributed by atoms with van der Waals surface area (Å²) in [5, 5.41) is 1.81. The molecule has 0 unspecified atom stereocenters. The van der Waals surface area contributed by atoms with Crippen LogP contribution in [0.1, 0.15) is 31.0 Å². The molecule has 162 valence electrons. The van der Waals surface area contributed by atoms with Crippen molar-refractivity contribution in [1.82, 2.24) is 4.90 Å². The lowest BCUT2D eigenvalue weighted by Crippen LogP contribution is -2.98. The second-order valence-corrected chi connectivity index (χ2v) is 8.09. The minimum Gasteiger partial charge on any atom is -0.461 e. The number of hydrogen-bond acceptors (Lipinski definition) is 4. The fourth-order valence-corrected chi connectivity index (χ4v) is 5.12. The van der Waals surface area contributed by atoms with Gasteiger partial charge in [0.1, 0.15) is 23.7 Å². The Kier molecular flexibility index (Phi) is 5.62. The van der Waals surface area contributed by atoms with Crippen molar-refractivity contribution in [1.29, 1.82) is 0 Å². The number of fused-ring (bicyclic) bond motifs is 1. The Morgan fingerprint density at radius 3 is 2.35 bits per heavy atom. The predicted octanol–water partition coefficient (Wildman–Crippen LogP) is 1.61.